The Bertz CT molecular complexity index is 282. The van der Waals surface area contributed by atoms with E-state index >= 15 is 0 Å². The Labute approximate surface area is 83.1 Å². The first-order chi connectivity index (χ1) is 6.88. The number of nitrogens with two attached hydrogens (primary N) is 1. The van der Waals surface area contributed by atoms with Crippen molar-refractivity contribution in [1.82, 2.24) is 10.2 Å². The Morgan fingerprint density at radius 3 is 2.93 bits per heavy atom. The first-order valence-electron chi connectivity index (χ1n) is 5.15. The molecule has 0 radical (unpaired) electrons. The maximum absolute atomic E-state index is 5.34. The van der Waals surface area contributed by atoms with Crippen molar-refractivity contribution in [2.45, 2.75) is 32.2 Å². The van der Waals surface area contributed by atoms with Crippen molar-refractivity contribution < 1.29 is 4.42 Å². The fourth-order valence-electron chi connectivity index (χ4n) is 1.40. The Morgan fingerprint density at radius 2 is 2.29 bits per heavy atom. The van der Waals surface area contributed by atoms with Crippen LogP contribution in [-0.2, 0) is 6.54 Å². The highest BCUT2D eigenvalue weighted by Crippen LogP contribution is 2.33. The average molecular weight is 196 g/mol. The zero-order valence-corrected chi connectivity index (χ0v) is 8.20. The lowest BCUT2D eigenvalue weighted by molar-refractivity contribution is 0.506. The standard InChI is InChI=1S/C9H16N4O/c10-6-8-12-13-9(14-8)11-5-1-2-7-3-4-7/h7H,1-6,10H2,(H,11,13). The van der Waals surface area contributed by atoms with E-state index in [0.717, 1.165) is 12.5 Å². The number of hydrogen-bond donors (Lipinski definition) is 2. The van der Waals surface area contributed by atoms with Gasteiger partial charge >= 0.3 is 6.01 Å². The van der Waals surface area contributed by atoms with E-state index in [2.05, 4.69) is 15.5 Å². The zero-order chi connectivity index (χ0) is 9.80. The van der Waals surface area contributed by atoms with Crippen molar-refractivity contribution in [1.29, 1.82) is 0 Å². The van der Waals surface area contributed by atoms with E-state index in [1.54, 1.807) is 0 Å². The Balaban J connectivity index is 1.63. The number of nitrogens with one attached hydrogen (secondary N) is 1. The van der Waals surface area contributed by atoms with Gasteiger partial charge in [-0.2, -0.15) is 0 Å². The molecule has 3 N–H and O–H groups in total. The van der Waals surface area contributed by atoms with Gasteiger partial charge in [0.1, 0.15) is 0 Å². The number of rotatable bonds is 6. The highest BCUT2D eigenvalue weighted by molar-refractivity contribution is 5.16. The molecular formula is C9H16N4O. The second kappa shape index (κ2) is 4.41. The Kier molecular flexibility index (Phi) is 2.98. The van der Waals surface area contributed by atoms with Gasteiger partial charge in [-0.15, -0.1) is 5.10 Å². The van der Waals surface area contributed by atoms with E-state index in [4.69, 9.17) is 10.2 Å². The fourth-order valence-corrected chi connectivity index (χ4v) is 1.40. The van der Waals surface area contributed by atoms with Crippen molar-refractivity contribution in [3.05, 3.63) is 5.89 Å². The number of hydrogen-bond acceptors (Lipinski definition) is 5. The summed E-state index contributed by atoms with van der Waals surface area (Å²) in [6.45, 7) is 1.21. The monoisotopic (exact) mass is 196 g/mol. The molecule has 78 valence electrons. The molecule has 5 nitrogen and oxygen atoms in total. The second-order valence-electron chi connectivity index (χ2n) is 3.72. The molecule has 0 aromatic carbocycles. The van der Waals surface area contributed by atoms with Gasteiger partial charge in [0.15, 0.2) is 0 Å². The molecule has 0 amide bonds. The fraction of sp³-hybridized carbons (Fsp3) is 0.778. The smallest absolute Gasteiger partial charge is 0.315 e. The highest BCUT2D eigenvalue weighted by atomic mass is 16.4. The number of nitrogens with zero attached hydrogens (tertiary/aromatic N) is 2. The summed E-state index contributed by atoms with van der Waals surface area (Å²) in [6.07, 6.45) is 5.31. The van der Waals surface area contributed by atoms with E-state index in [1.165, 1.54) is 25.7 Å². The van der Waals surface area contributed by atoms with E-state index in [9.17, 15) is 0 Å². The van der Waals surface area contributed by atoms with Gasteiger partial charge in [-0.1, -0.05) is 17.9 Å². The SMILES string of the molecule is NCc1nnc(NCCCC2CC2)o1. The predicted molar refractivity (Wildman–Crippen MR) is 52.6 cm³/mol. The van der Waals surface area contributed by atoms with Crippen molar-refractivity contribution in [2.24, 2.45) is 11.7 Å². The third-order valence-corrected chi connectivity index (χ3v) is 2.40. The van der Waals surface area contributed by atoms with Crippen LogP contribution in [0, 0.1) is 5.92 Å². The summed E-state index contributed by atoms with van der Waals surface area (Å²) < 4.78 is 5.20. The van der Waals surface area contributed by atoms with Crippen LogP contribution in [0.4, 0.5) is 6.01 Å². The summed E-state index contributed by atoms with van der Waals surface area (Å²) >= 11 is 0. The molecule has 0 spiro atoms. The van der Waals surface area contributed by atoms with Gasteiger partial charge < -0.3 is 15.5 Å². The average Bonchev–Trinajstić information content (AvgIpc) is 2.91. The molecule has 1 aliphatic rings. The Hall–Kier alpha value is -1.10. The van der Waals surface area contributed by atoms with Crippen molar-refractivity contribution in [3.63, 3.8) is 0 Å². The number of anilines is 1. The molecule has 0 atom stereocenters. The normalized spacial score (nSPS) is 15.8. The predicted octanol–water partition coefficient (Wildman–Crippen LogP) is 1.13. The molecule has 14 heavy (non-hydrogen) atoms. The van der Waals surface area contributed by atoms with Gasteiger partial charge in [-0.05, 0) is 18.8 Å². The van der Waals surface area contributed by atoms with Crippen LogP contribution >= 0.6 is 0 Å². The first-order valence-corrected chi connectivity index (χ1v) is 5.15. The molecule has 0 bridgehead atoms. The lowest BCUT2D eigenvalue weighted by Gasteiger charge is -1.99. The van der Waals surface area contributed by atoms with Crippen molar-refractivity contribution >= 4 is 6.01 Å². The Morgan fingerprint density at radius 1 is 1.43 bits per heavy atom. The molecule has 0 unspecified atom stereocenters. The van der Waals surface area contributed by atoms with Crippen LogP contribution in [0.15, 0.2) is 4.42 Å². The summed E-state index contributed by atoms with van der Waals surface area (Å²) in [6, 6.07) is 0.487. The second-order valence-corrected chi connectivity index (χ2v) is 3.72. The van der Waals surface area contributed by atoms with Gasteiger partial charge in [0.25, 0.3) is 0 Å². The van der Waals surface area contributed by atoms with Crippen LogP contribution in [-0.4, -0.2) is 16.7 Å². The van der Waals surface area contributed by atoms with Gasteiger partial charge in [-0.3, -0.25) is 0 Å². The highest BCUT2D eigenvalue weighted by Gasteiger charge is 2.19. The molecule has 1 saturated carbocycles. The van der Waals surface area contributed by atoms with Crippen LogP contribution < -0.4 is 11.1 Å². The molecule has 1 fully saturated rings. The molecule has 1 heterocycles. The van der Waals surface area contributed by atoms with E-state index < -0.39 is 0 Å². The van der Waals surface area contributed by atoms with Crippen molar-refractivity contribution in [3.8, 4) is 0 Å². The largest absolute Gasteiger partial charge is 0.407 e. The van der Waals surface area contributed by atoms with Crippen molar-refractivity contribution in [2.75, 3.05) is 11.9 Å². The molecule has 0 saturated heterocycles. The minimum atomic E-state index is 0.302. The molecule has 1 aromatic heterocycles. The summed E-state index contributed by atoms with van der Waals surface area (Å²) in [5, 5.41) is 10.7. The maximum atomic E-state index is 5.34. The summed E-state index contributed by atoms with van der Waals surface area (Å²) in [4.78, 5) is 0. The molecular weight excluding hydrogens is 180 g/mol. The number of aromatic nitrogens is 2. The third-order valence-electron chi connectivity index (χ3n) is 2.40. The zero-order valence-electron chi connectivity index (χ0n) is 8.20. The van der Waals surface area contributed by atoms with Crippen LogP contribution in [0.5, 0.6) is 0 Å². The lowest BCUT2D eigenvalue weighted by Crippen LogP contribution is -2.01. The van der Waals surface area contributed by atoms with Crippen LogP contribution in [0.1, 0.15) is 31.6 Å². The molecule has 2 rings (SSSR count). The minimum absolute atomic E-state index is 0.302. The first kappa shape index (κ1) is 9.45. The molecule has 1 aliphatic carbocycles. The van der Waals surface area contributed by atoms with Gasteiger partial charge in [0.2, 0.25) is 5.89 Å². The summed E-state index contributed by atoms with van der Waals surface area (Å²) in [7, 11) is 0. The van der Waals surface area contributed by atoms with E-state index in [1.807, 2.05) is 0 Å². The van der Waals surface area contributed by atoms with E-state index in [-0.39, 0.29) is 0 Å². The van der Waals surface area contributed by atoms with Crippen LogP contribution in [0.2, 0.25) is 0 Å². The van der Waals surface area contributed by atoms with Crippen LogP contribution in [0.25, 0.3) is 0 Å². The summed E-state index contributed by atoms with van der Waals surface area (Å²) in [5.41, 5.74) is 5.34. The van der Waals surface area contributed by atoms with Gasteiger partial charge in [-0.25, -0.2) is 0 Å². The third kappa shape index (κ3) is 2.70. The van der Waals surface area contributed by atoms with Crippen LogP contribution in [0.3, 0.4) is 0 Å². The molecule has 0 aliphatic heterocycles. The van der Waals surface area contributed by atoms with E-state index in [0.29, 0.717) is 18.5 Å². The lowest BCUT2D eigenvalue weighted by atomic mass is 10.2. The minimum Gasteiger partial charge on any atom is -0.407 e. The maximum Gasteiger partial charge on any atom is 0.315 e. The van der Waals surface area contributed by atoms with Gasteiger partial charge in [0.05, 0.1) is 6.54 Å². The van der Waals surface area contributed by atoms with Gasteiger partial charge in [0, 0.05) is 6.54 Å². The topological polar surface area (TPSA) is 77.0 Å². The molecule has 5 heteroatoms. The molecule has 1 aromatic rings. The quantitative estimate of drug-likeness (QED) is 0.667. The summed E-state index contributed by atoms with van der Waals surface area (Å²) in [5.74, 6) is 1.47.